The van der Waals surface area contributed by atoms with Gasteiger partial charge in [-0.05, 0) is 74.3 Å². The molecule has 3 rings (SSSR count). The Morgan fingerprint density at radius 2 is 1.54 bits per heavy atom. The maximum Gasteiger partial charge on any atom is 0.314 e. The molecule has 4 heteroatoms. The first kappa shape index (κ1) is 21.3. The summed E-state index contributed by atoms with van der Waals surface area (Å²) in [5.41, 5.74) is 0.298. The van der Waals surface area contributed by atoms with Crippen LogP contribution < -0.4 is 4.74 Å². The predicted molar refractivity (Wildman–Crippen MR) is 107 cm³/mol. The number of carbonyl (C=O) groups is 1. The van der Waals surface area contributed by atoms with Crippen LogP contribution >= 0.6 is 0 Å². The summed E-state index contributed by atoms with van der Waals surface area (Å²) in [5.74, 6) is -0.407. The summed E-state index contributed by atoms with van der Waals surface area (Å²) in [6.45, 7) is 4.03. The molecule has 0 aliphatic heterocycles. The van der Waals surface area contributed by atoms with Gasteiger partial charge in [-0.3, -0.25) is 4.79 Å². The normalized spacial score (nSPS) is 28.1. The Morgan fingerprint density at radius 3 is 2.11 bits per heavy atom. The van der Waals surface area contributed by atoms with Crippen molar-refractivity contribution in [1.29, 1.82) is 0 Å². The van der Waals surface area contributed by atoms with Crippen molar-refractivity contribution in [3.63, 3.8) is 0 Å². The fourth-order valence-corrected chi connectivity index (χ4v) is 5.30. The average molecular weight is 393 g/mol. The van der Waals surface area contributed by atoms with Crippen LogP contribution in [-0.4, -0.2) is 5.97 Å². The Balaban J connectivity index is 1.49. The number of ether oxygens (including phenoxy) is 1. The molecule has 0 heterocycles. The second-order valence-electron chi connectivity index (χ2n) is 8.81. The van der Waals surface area contributed by atoms with Gasteiger partial charge >= 0.3 is 5.97 Å². The van der Waals surface area contributed by atoms with E-state index in [0.717, 1.165) is 37.5 Å². The van der Waals surface area contributed by atoms with E-state index in [1.165, 1.54) is 50.7 Å². The first-order valence-corrected chi connectivity index (χ1v) is 11.2. The van der Waals surface area contributed by atoms with E-state index in [-0.39, 0.29) is 11.7 Å². The minimum Gasteiger partial charge on any atom is -0.423 e. The Hall–Kier alpha value is -1.45. The first-order valence-electron chi connectivity index (χ1n) is 11.2. The van der Waals surface area contributed by atoms with Gasteiger partial charge in [-0.1, -0.05) is 45.6 Å². The number of carbonyl (C=O) groups excluding carboxylic acids is 1. The summed E-state index contributed by atoms with van der Waals surface area (Å²) in [4.78, 5) is 12.5. The Labute approximate surface area is 168 Å². The molecule has 0 atom stereocenters. The molecule has 2 saturated carbocycles. The van der Waals surface area contributed by atoms with Gasteiger partial charge in [-0.2, -0.15) is 4.39 Å². The van der Waals surface area contributed by atoms with Crippen molar-refractivity contribution in [2.24, 2.45) is 23.7 Å². The molecule has 28 heavy (non-hydrogen) atoms. The van der Waals surface area contributed by atoms with E-state index >= 15 is 0 Å². The maximum absolute atomic E-state index is 14.1. The highest BCUT2D eigenvalue weighted by Gasteiger charge is 2.33. The topological polar surface area (TPSA) is 26.3 Å². The minimum absolute atomic E-state index is 0.194. The van der Waals surface area contributed by atoms with E-state index in [9.17, 15) is 13.6 Å². The molecular formula is C24H34F2O2. The van der Waals surface area contributed by atoms with Gasteiger partial charge in [0, 0.05) is 0 Å². The van der Waals surface area contributed by atoms with Crippen LogP contribution in [0.3, 0.4) is 0 Å². The zero-order valence-corrected chi connectivity index (χ0v) is 17.3. The van der Waals surface area contributed by atoms with E-state index < -0.39 is 17.6 Å². The molecular weight excluding hydrogens is 358 g/mol. The molecule has 2 aliphatic rings. The highest BCUT2D eigenvalue weighted by atomic mass is 19.2. The third-order valence-electron chi connectivity index (χ3n) is 7.08. The number of esters is 1. The molecule has 0 N–H and O–H groups in total. The fraction of sp³-hybridized carbons (Fsp3) is 0.708. The van der Waals surface area contributed by atoms with Crippen molar-refractivity contribution in [3.8, 4) is 5.75 Å². The van der Waals surface area contributed by atoms with Gasteiger partial charge in [0.25, 0.3) is 0 Å². The van der Waals surface area contributed by atoms with Gasteiger partial charge in [-0.25, -0.2) is 4.39 Å². The molecule has 1 aromatic carbocycles. The second kappa shape index (κ2) is 9.84. The monoisotopic (exact) mass is 392 g/mol. The quantitative estimate of drug-likeness (QED) is 0.391. The molecule has 0 radical (unpaired) electrons. The molecule has 0 spiro atoms. The lowest BCUT2D eigenvalue weighted by Gasteiger charge is -2.37. The van der Waals surface area contributed by atoms with Gasteiger partial charge in [0.2, 0.25) is 5.82 Å². The van der Waals surface area contributed by atoms with Gasteiger partial charge in [0.05, 0.1) is 5.92 Å². The maximum atomic E-state index is 14.1. The lowest BCUT2D eigenvalue weighted by molar-refractivity contribution is -0.140. The predicted octanol–water partition coefficient (Wildman–Crippen LogP) is 6.85. The van der Waals surface area contributed by atoms with Crippen molar-refractivity contribution in [3.05, 3.63) is 29.3 Å². The molecule has 2 nitrogen and oxygen atoms in total. The van der Waals surface area contributed by atoms with Crippen LogP contribution in [0.1, 0.15) is 83.6 Å². The van der Waals surface area contributed by atoms with Gasteiger partial charge in [0.1, 0.15) is 0 Å². The SMILES string of the molecule is CCCC1CCC(C2CCC(C(=O)Oc3ccc(CC)c(F)c3F)CC2)CC1. The third kappa shape index (κ3) is 4.93. The van der Waals surface area contributed by atoms with Gasteiger partial charge < -0.3 is 4.74 Å². The van der Waals surface area contributed by atoms with Crippen LogP contribution in [0.25, 0.3) is 0 Å². The number of halogens is 2. The van der Waals surface area contributed by atoms with Crippen molar-refractivity contribution in [2.75, 3.05) is 0 Å². The minimum atomic E-state index is -1.05. The Kier molecular flexibility index (Phi) is 7.48. The van der Waals surface area contributed by atoms with Crippen molar-refractivity contribution in [2.45, 2.75) is 84.5 Å². The zero-order valence-electron chi connectivity index (χ0n) is 17.3. The van der Waals surface area contributed by atoms with Crippen LogP contribution in [0.4, 0.5) is 8.78 Å². The molecule has 0 aromatic heterocycles. The molecule has 156 valence electrons. The van der Waals surface area contributed by atoms with E-state index in [0.29, 0.717) is 17.9 Å². The number of aryl methyl sites for hydroxylation is 1. The Bertz CT molecular complexity index is 657. The van der Waals surface area contributed by atoms with Gasteiger partial charge in [0.15, 0.2) is 11.6 Å². The molecule has 0 saturated heterocycles. The molecule has 0 amide bonds. The first-order chi connectivity index (χ1) is 13.5. The lowest BCUT2D eigenvalue weighted by Crippen LogP contribution is -2.30. The van der Waals surface area contributed by atoms with E-state index in [1.54, 1.807) is 6.92 Å². The van der Waals surface area contributed by atoms with Crippen LogP contribution in [0.15, 0.2) is 12.1 Å². The highest BCUT2D eigenvalue weighted by Crippen LogP contribution is 2.42. The van der Waals surface area contributed by atoms with Gasteiger partial charge in [-0.15, -0.1) is 0 Å². The smallest absolute Gasteiger partial charge is 0.314 e. The summed E-state index contributed by atoms with van der Waals surface area (Å²) in [5, 5.41) is 0. The second-order valence-corrected chi connectivity index (χ2v) is 8.81. The molecule has 2 aliphatic carbocycles. The average Bonchev–Trinajstić information content (AvgIpc) is 2.72. The largest absolute Gasteiger partial charge is 0.423 e. The number of hydrogen-bond acceptors (Lipinski definition) is 2. The lowest BCUT2D eigenvalue weighted by atomic mass is 9.69. The highest BCUT2D eigenvalue weighted by molar-refractivity contribution is 5.75. The Morgan fingerprint density at radius 1 is 0.929 bits per heavy atom. The van der Waals surface area contributed by atoms with Crippen molar-refractivity contribution >= 4 is 5.97 Å². The van der Waals surface area contributed by atoms with E-state index in [1.807, 2.05) is 0 Å². The van der Waals surface area contributed by atoms with E-state index in [4.69, 9.17) is 4.74 Å². The molecule has 0 unspecified atom stereocenters. The van der Waals surface area contributed by atoms with Crippen LogP contribution in [0, 0.1) is 35.3 Å². The third-order valence-corrected chi connectivity index (χ3v) is 7.08. The fourth-order valence-electron chi connectivity index (χ4n) is 5.30. The van der Waals surface area contributed by atoms with Crippen LogP contribution in [0.5, 0.6) is 5.75 Å². The molecule has 1 aromatic rings. The van der Waals surface area contributed by atoms with Crippen LogP contribution in [0.2, 0.25) is 0 Å². The molecule has 0 bridgehead atoms. The number of benzene rings is 1. The zero-order chi connectivity index (χ0) is 20.1. The summed E-state index contributed by atoms with van der Waals surface area (Å²) in [7, 11) is 0. The van der Waals surface area contributed by atoms with E-state index in [2.05, 4.69) is 6.92 Å². The summed E-state index contributed by atoms with van der Waals surface area (Å²) in [6.07, 6.45) is 12.1. The van der Waals surface area contributed by atoms with Crippen molar-refractivity contribution in [1.82, 2.24) is 0 Å². The standard InChI is InChI=1S/C24H34F2O2/c1-3-5-16-6-8-18(9-7-16)19-10-12-20(13-11-19)24(27)28-21-15-14-17(4-2)22(25)23(21)26/h14-16,18-20H,3-13H2,1-2H3. The van der Waals surface area contributed by atoms with Crippen LogP contribution in [-0.2, 0) is 11.2 Å². The number of hydrogen-bond donors (Lipinski definition) is 0. The van der Waals surface area contributed by atoms with Crippen molar-refractivity contribution < 1.29 is 18.3 Å². The summed E-state index contributed by atoms with van der Waals surface area (Å²) >= 11 is 0. The summed E-state index contributed by atoms with van der Waals surface area (Å²) in [6, 6.07) is 2.86. The summed E-state index contributed by atoms with van der Waals surface area (Å²) < 4.78 is 33.3. The molecule has 2 fully saturated rings. The number of rotatable bonds is 6.